The zero-order chi connectivity index (χ0) is 39.5. The third-order valence-corrected chi connectivity index (χ3v) is 7.60. The number of pyridine rings is 2. The fourth-order valence-electron chi connectivity index (χ4n) is 5.17. The summed E-state index contributed by atoms with van der Waals surface area (Å²) < 4.78 is 165. The number of halogens is 12. The first-order valence-electron chi connectivity index (χ1n) is 15.2. The lowest BCUT2D eigenvalue weighted by atomic mass is 10.2. The molecule has 23 heteroatoms. The number of aromatic nitrogens is 10. The molecule has 6 aromatic heterocycles. The van der Waals surface area contributed by atoms with Crippen LogP contribution in [-0.4, -0.2) is 49.1 Å². The van der Waals surface area contributed by atoms with Crippen LogP contribution in [0.3, 0.4) is 0 Å². The van der Waals surface area contributed by atoms with Gasteiger partial charge in [0.05, 0.1) is 0 Å². The van der Waals surface area contributed by atoms with Crippen molar-refractivity contribution in [1.82, 2.24) is 49.1 Å². The number of hydrogen-bond donors (Lipinski definition) is 0. The topological polar surface area (TPSA) is 100 Å². The van der Waals surface area contributed by atoms with Crippen molar-refractivity contribution in [2.45, 2.75) is 24.7 Å². The van der Waals surface area contributed by atoms with Crippen LogP contribution in [0.5, 0.6) is 0 Å². The molecule has 6 heterocycles. The third kappa shape index (κ3) is 7.31. The van der Waals surface area contributed by atoms with Gasteiger partial charge in [0.1, 0.15) is 23.0 Å². The van der Waals surface area contributed by atoms with Crippen LogP contribution in [0.2, 0.25) is 0 Å². The molecule has 0 unspecified atom stereocenters. The second kappa shape index (κ2) is 13.0. The lowest BCUT2D eigenvalue weighted by Gasteiger charge is -2.25. The average Bonchev–Trinajstić information content (AvgIpc) is 3.94. The van der Waals surface area contributed by atoms with Crippen molar-refractivity contribution < 1.29 is 52.7 Å². The minimum Gasteiger partial charge on any atom is -0.279 e. The zero-order valence-electron chi connectivity index (χ0n) is 26.8. The second-order valence-electron chi connectivity index (χ2n) is 11.3. The average molecular weight is 784 g/mol. The Morgan fingerprint density at radius 1 is 0.382 bits per heavy atom. The Balaban J connectivity index is 1.44. The number of rotatable bonds is 7. The summed E-state index contributed by atoms with van der Waals surface area (Å²) in [4.78, 5) is 10.2. The van der Waals surface area contributed by atoms with E-state index in [0.29, 0.717) is 33.6 Å². The summed E-state index contributed by atoms with van der Waals surface area (Å²) in [5.41, 5.74) is -5.67. The van der Waals surface area contributed by atoms with E-state index in [4.69, 9.17) is 0 Å². The molecule has 0 atom stereocenters. The third-order valence-electron chi connectivity index (χ3n) is 7.60. The maximum atomic E-state index is 13.6. The van der Waals surface area contributed by atoms with Gasteiger partial charge < -0.3 is 0 Å². The van der Waals surface area contributed by atoms with E-state index < -0.39 is 59.1 Å². The summed E-state index contributed by atoms with van der Waals surface area (Å²) in [6.07, 6.45) is -16.1. The predicted molar refractivity (Wildman–Crippen MR) is 165 cm³/mol. The van der Waals surface area contributed by atoms with Crippen LogP contribution in [0.1, 0.15) is 22.8 Å². The second-order valence-corrected chi connectivity index (χ2v) is 11.3. The SMILES string of the molecule is FC(F)(F)c1ccn(-c2ccc(N(c3ccccc3)c3ccc(-n4ccc(C(F)(F)F)n4)c(-n4ccc(C(F)(F)F)n4)n3)nc2-n2ccc(C(F)(F)F)n2)n1. The lowest BCUT2D eigenvalue weighted by Crippen LogP contribution is -2.18. The predicted octanol–water partition coefficient (Wildman–Crippen LogP) is 8.76. The number of alkyl halides is 12. The van der Waals surface area contributed by atoms with Gasteiger partial charge in [-0.25, -0.2) is 28.7 Å². The summed E-state index contributed by atoms with van der Waals surface area (Å²) in [5, 5.41) is 14.0. The van der Waals surface area contributed by atoms with Gasteiger partial charge in [0.15, 0.2) is 34.4 Å². The molecule has 0 fully saturated rings. The van der Waals surface area contributed by atoms with E-state index in [1.165, 1.54) is 41.3 Å². The van der Waals surface area contributed by atoms with E-state index in [9.17, 15) is 52.7 Å². The minimum absolute atomic E-state index is 0.168. The molecule has 7 aromatic rings. The smallest absolute Gasteiger partial charge is 0.279 e. The van der Waals surface area contributed by atoms with Crippen LogP contribution in [-0.2, 0) is 24.7 Å². The van der Waals surface area contributed by atoms with Crippen molar-refractivity contribution in [3.63, 3.8) is 0 Å². The van der Waals surface area contributed by atoms with E-state index in [1.54, 1.807) is 18.2 Å². The van der Waals surface area contributed by atoms with Gasteiger partial charge in [0, 0.05) is 30.5 Å². The Labute approximate surface area is 298 Å². The van der Waals surface area contributed by atoms with Crippen molar-refractivity contribution in [3.8, 4) is 23.0 Å². The molecule has 0 aliphatic rings. The van der Waals surface area contributed by atoms with Crippen LogP contribution < -0.4 is 4.90 Å². The highest BCUT2D eigenvalue weighted by Crippen LogP contribution is 2.37. The Kier molecular flexibility index (Phi) is 8.68. The van der Waals surface area contributed by atoms with Gasteiger partial charge in [-0.1, -0.05) is 18.2 Å². The van der Waals surface area contributed by atoms with Crippen molar-refractivity contribution in [1.29, 1.82) is 0 Å². The molecular weight excluding hydrogens is 766 g/mol. The minimum atomic E-state index is -4.93. The van der Waals surface area contributed by atoms with E-state index in [1.807, 2.05) is 0 Å². The summed E-state index contributed by atoms with van der Waals surface area (Å²) in [6, 6.07) is 15.1. The fourth-order valence-corrected chi connectivity index (χ4v) is 5.17. The monoisotopic (exact) mass is 783 g/mol. The van der Waals surface area contributed by atoms with E-state index in [-0.39, 0.29) is 28.7 Å². The molecule has 0 aliphatic heterocycles. The summed E-state index contributed by atoms with van der Waals surface area (Å²) in [5.74, 6) is -1.25. The zero-order valence-corrected chi connectivity index (χ0v) is 26.8. The highest BCUT2D eigenvalue weighted by Gasteiger charge is 2.37. The summed E-state index contributed by atoms with van der Waals surface area (Å²) in [6.45, 7) is 0. The Bertz CT molecular complexity index is 2320. The highest BCUT2D eigenvalue weighted by molar-refractivity contribution is 5.74. The molecule has 0 radical (unpaired) electrons. The number of hydrogen-bond acceptors (Lipinski definition) is 7. The van der Waals surface area contributed by atoms with Gasteiger partial charge in [-0.3, -0.25) is 4.90 Å². The molecule has 0 saturated carbocycles. The summed E-state index contributed by atoms with van der Waals surface area (Å²) in [7, 11) is 0. The first-order chi connectivity index (χ1) is 25.8. The van der Waals surface area contributed by atoms with Crippen molar-refractivity contribution in [2.24, 2.45) is 0 Å². The molecule has 0 amide bonds. The van der Waals surface area contributed by atoms with Gasteiger partial charge in [-0.15, -0.1) is 0 Å². The van der Waals surface area contributed by atoms with E-state index in [2.05, 4.69) is 30.4 Å². The van der Waals surface area contributed by atoms with Gasteiger partial charge >= 0.3 is 24.7 Å². The van der Waals surface area contributed by atoms with Gasteiger partial charge in [0.25, 0.3) is 0 Å². The molecular formula is C32H17F12N11. The van der Waals surface area contributed by atoms with Gasteiger partial charge in [-0.05, 0) is 60.7 Å². The number of nitrogens with zero attached hydrogens (tertiary/aromatic N) is 11. The Hall–Kier alpha value is -6.68. The van der Waals surface area contributed by atoms with Crippen molar-refractivity contribution in [2.75, 3.05) is 4.90 Å². The number of anilines is 3. The molecule has 0 aliphatic carbocycles. The largest absolute Gasteiger partial charge is 0.435 e. The fraction of sp³-hybridized carbons (Fsp3) is 0.125. The van der Waals surface area contributed by atoms with Gasteiger partial charge in [0.2, 0.25) is 0 Å². The molecule has 11 nitrogen and oxygen atoms in total. The molecule has 0 bridgehead atoms. The van der Waals surface area contributed by atoms with Crippen LogP contribution in [0.4, 0.5) is 70.0 Å². The molecule has 1 aromatic carbocycles. The molecule has 55 heavy (non-hydrogen) atoms. The summed E-state index contributed by atoms with van der Waals surface area (Å²) >= 11 is 0. The maximum absolute atomic E-state index is 13.6. The number of para-hydroxylation sites is 1. The molecule has 0 spiro atoms. The molecule has 0 saturated heterocycles. The first kappa shape index (κ1) is 36.7. The molecule has 0 N–H and O–H groups in total. The van der Waals surface area contributed by atoms with Crippen LogP contribution in [0.25, 0.3) is 23.0 Å². The quantitative estimate of drug-likeness (QED) is 0.149. The molecule has 7 rings (SSSR count). The first-order valence-corrected chi connectivity index (χ1v) is 15.2. The van der Waals surface area contributed by atoms with Crippen LogP contribution in [0.15, 0.2) is 104 Å². The Morgan fingerprint density at radius 2 is 0.709 bits per heavy atom. The van der Waals surface area contributed by atoms with Crippen molar-refractivity contribution >= 4 is 17.3 Å². The highest BCUT2D eigenvalue weighted by atomic mass is 19.4. The number of benzene rings is 1. The molecule has 284 valence electrons. The Morgan fingerprint density at radius 3 is 1.04 bits per heavy atom. The maximum Gasteiger partial charge on any atom is 0.435 e. The van der Waals surface area contributed by atoms with Crippen LogP contribution >= 0.6 is 0 Å². The normalized spacial score (nSPS) is 12.7. The van der Waals surface area contributed by atoms with E-state index >= 15 is 0 Å². The van der Waals surface area contributed by atoms with Gasteiger partial charge in [-0.2, -0.15) is 73.1 Å². The standard InChI is InChI=1S/C32H17F12N11/c33-29(34,35)21-10-14-51(47-21)19-6-8-25(45-27(19)53-16-12-23(49-53)31(39,40)41)55(18-4-2-1-3-5-18)26-9-7-20(52-15-11-22(48-52)30(36,37)38)28(46-26)54-17-13-24(50-54)32(42,43)44/h1-17H. The van der Waals surface area contributed by atoms with E-state index in [0.717, 1.165) is 34.2 Å². The lowest BCUT2D eigenvalue weighted by molar-refractivity contribution is -0.142. The van der Waals surface area contributed by atoms with Crippen LogP contribution in [0, 0.1) is 0 Å². The van der Waals surface area contributed by atoms with Crippen molar-refractivity contribution in [3.05, 3.63) is 126 Å².